The van der Waals surface area contributed by atoms with Gasteiger partial charge in [-0.3, -0.25) is 19.7 Å². The van der Waals surface area contributed by atoms with Crippen molar-refractivity contribution in [1.82, 2.24) is 20.2 Å². The van der Waals surface area contributed by atoms with Gasteiger partial charge in [0.05, 0.1) is 24.1 Å². The number of carbonyl (C=O) groups excluding carboxylic acids is 1. The summed E-state index contributed by atoms with van der Waals surface area (Å²) in [7, 11) is 0. The zero-order valence-electron chi connectivity index (χ0n) is 15.4. The van der Waals surface area contributed by atoms with Crippen LogP contribution in [0.2, 0.25) is 0 Å². The van der Waals surface area contributed by atoms with Crippen LogP contribution in [0, 0.1) is 6.92 Å². The number of amides is 1. The highest BCUT2D eigenvalue weighted by molar-refractivity contribution is 5.88. The van der Waals surface area contributed by atoms with Gasteiger partial charge < -0.3 is 5.32 Å². The van der Waals surface area contributed by atoms with Gasteiger partial charge in [0, 0.05) is 19.0 Å². The molecule has 2 aliphatic rings. The molecule has 2 heterocycles. The summed E-state index contributed by atoms with van der Waals surface area (Å²) in [6, 6.07) is 8.48. The molecule has 1 aliphatic carbocycles. The number of hydrogen-bond donors (Lipinski definition) is 1. The molecule has 0 saturated carbocycles. The number of piperidine rings is 1. The number of benzene rings is 1. The quantitative estimate of drug-likeness (QED) is 0.920. The van der Waals surface area contributed by atoms with Crippen LogP contribution in [0.4, 0.5) is 0 Å². The minimum atomic E-state index is -0.456. The molecule has 4 rings (SSSR count). The molecule has 0 atom stereocenters. The molecule has 0 unspecified atom stereocenters. The Bertz CT molecular complexity index is 756. The zero-order chi connectivity index (χ0) is 18.0. The third-order valence-electron chi connectivity index (χ3n) is 5.73. The van der Waals surface area contributed by atoms with Crippen molar-refractivity contribution < 1.29 is 4.79 Å². The molecular weight excluding hydrogens is 324 g/mol. The van der Waals surface area contributed by atoms with Gasteiger partial charge in [-0.05, 0) is 44.0 Å². The highest BCUT2D eigenvalue weighted by Gasteiger charge is 2.48. The largest absolute Gasteiger partial charge is 0.349 e. The van der Waals surface area contributed by atoms with Gasteiger partial charge in [0.25, 0.3) is 0 Å². The van der Waals surface area contributed by atoms with E-state index in [4.69, 9.17) is 0 Å². The maximum absolute atomic E-state index is 13.4. The smallest absolute Gasteiger partial charge is 0.241 e. The van der Waals surface area contributed by atoms with Gasteiger partial charge in [-0.2, -0.15) is 0 Å². The Morgan fingerprint density at radius 1 is 1.08 bits per heavy atom. The number of fused-ring (bicyclic) bond motifs is 1. The highest BCUT2D eigenvalue weighted by atomic mass is 16.2. The van der Waals surface area contributed by atoms with Gasteiger partial charge in [-0.25, -0.2) is 0 Å². The van der Waals surface area contributed by atoms with Crippen LogP contribution in [0.1, 0.15) is 41.8 Å². The van der Waals surface area contributed by atoms with Crippen molar-refractivity contribution in [2.75, 3.05) is 13.1 Å². The van der Waals surface area contributed by atoms with Crippen molar-refractivity contribution in [3.63, 3.8) is 0 Å². The van der Waals surface area contributed by atoms with Crippen LogP contribution in [0.3, 0.4) is 0 Å². The predicted octanol–water partition coefficient (Wildman–Crippen LogP) is 2.42. The first kappa shape index (κ1) is 17.2. The summed E-state index contributed by atoms with van der Waals surface area (Å²) in [4.78, 5) is 24.4. The minimum absolute atomic E-state index is 0.123. The summed E-state index contributed by atoms with van der Waals surface area (Å²) in [6.07, 6.45) is 8.70. The first-order valence-electron chi connectivity index (χ1n) is 9.55. The van der Waals surface area contributed by atoms with E-state index in [0.29, 0.717) is 6.54 Å². The summed E-state index contributed by atoms with van der Waals surface area (Å²) in [6.45, 7) is 4.35. The molecule has 0 bridgehead atoms. The van der Waals surface area contributed by atoms with Crippen LogP contribution in [0.15, 0.2) is 36.7 Å². The molecule has 1 saturated heterocycles. The second kappa shape index (κ2) is 7.16. The molecule has 1 fully saturated rings. The fourth-order valence-corrected chi connectivity index (χ4v) is 4.29. The topological polar surface area (TPSA) is 58.1 Å². The summed E-state index contributed by atoms with van der Waals surface area (Å²) >= 11 is 0. The van der Waals surface area contributed by atoms with E-state index in [9.17, 15) is 4.79 Å². The summed E-state index contributed by atoms with van der Waals surface area (Å²) in [5.74, 6) is 0.123. The minimum Gasteiger partial charge on any atom is -0.349 e. The van der Waals surface area contributed by atoms with Crippen molar-refractivity contribution in [3.8, 4) is 0 Å². The van der Waals surface area contributed by atoms with Gasteiger partial charge >= 0.3 is 0 Å². The zero-order valence-corrected chi connectivity index (χ0v) is 15.4. The molecule has 1 aliphatic heterocycles. The Hall–Kier alpha value is -2.27. The molecule has 26 heavy (non-hydrogen) atoms. The van der Waals surface area contributed by atoms with Gasteiger partial charge in [0.15, 0.2) is 0 Å². The van der Waals surface area contributed by atoms with Gasteiger partial charge in [0.1, 0.15) is 5.54 Å². The van der Waals surface area contributed by atoms with Crippen LogP contribution < -0.4 is 5.32 Å². The SMILES string of the molecule is Cc1cnc(CNC(=O)C2(N3CCCCC3)Cc3ccccc3C2)cn1. The molecule has 5 heteroatoms. The van der Waals surface area contributed by atoms with E-state index in [1.165, 1.54) is 30.4 Å². The van der Waals surface area contributed by atoms with Gasteiger partial charge in [-0.15, -0.1) is 0 Å². The third-order valence-corrected chi connectivity index (χ3v) is 5.73. The molecule has 1 aromatic carbocycles. The predicted molar refractivity (Wildman–Crippen MR) is 101 cm³/mol. The Morgan fingerprint density at radius 2 is 1.77 bits per heavy atom. The Morgan fingerprint density at radius 3 is 2.38 bits per heavy atom. The Balaban J connectivity index is 1.55. The molecule has 1 amide bonds. The van der Waals surface area contributed by atoms with E-state index in [1.807, 2.05) is 6.92 Å². The summed E-state index contributed by atoms with van der Waals surface area (Å²) < 4.78 is 0. The number of nitrogens with zero attached hydrogens (tertiary/aromatic N) is 3. The van der Waals surface area contributed by atoms with Crippen molar-refractivity contribution in [3.05, 3.63) is 59.2 Å². The van der Waals surface area contributed by atoms with Gasteiger partial charge in [0.2, 0.25) is 5.91 Å². The maximum Gasteiger partial charge on any atom is 0.241 e. The lowest BCUT2D eigenvalue weighted by Crippen LogP contribution is -2.60. The van der Waals surface area contributed by atoms with Crippen LogP contribution in [-0.4, -0.2) is 39.4 Å². The Kier molecular flexibility index (Phi) is 4.72. The number of aromatic nitrogens is 2. The van der Waals surface area contributed by atoms with Crippen LogP contribution in [-0.2, 0) is 24.2 Å². The molecular formula is C21H26N4O. The number of aryl methyl sites for hydroxylation is 1. The number of carbonyl (C=O) groups is 1. The van der Waals surface area contributed by atoms with Crippen molar-refractivity contribution in [2.24, 2.45) is 0 Å². The van der Waals surface area contributed by atoms with E-state index < -0.39 is 5.54 Å². The fourth-order valence-electron chi connectivity index (χ4n) is 4.29. The standard InChI is InChI=1S/C21H26N4O/c1-16-13-23-19(14-22-16)15-24-20(26)21(25-9-5-2-6-10-25)11-17-7-3-4-8-18(17)12-21/h3-4,7-8,13-14H,2,5-6,9-12,15H2,1H3,(H,24,26). The lowest BCUT2D eigenvalue weighted by Gasteiger charge is -2.42. The summed E-state index contributed by atoms with van der Waals surface area (Å²) in [5.41, 5.74) is 3.85. The van der Waals surface area contributed by atoms with Crippen molar-refractivity contribution >= 4 is 5.91 Å². The number of nitrogens with one attached hydrogen (secondary N) is 1. The molecule has 5 nitrogen and oxygen atoms in total. The first-order chi connectivity index (χ1) is 12.7. The fraction of sp³-hybridized carbons (Fsp3) is 0.476. The number of hydrogen-bond acceptors (Lipinski definition) is 4. The van der Waals surface area contributed by atoms with Crippen LogP contribution >= 0.6 is 0 Å². The van der Waals surface area contributed by atoms with E-state index >= 15 is 0 Å². The highest BCUT2D eigenvalue weighted by Crippen LogP contribution is 2.36. The molecule has 1 aromatic heterocycles. The second-order valence-corrected chi connectivity index (χ2v) is 7.53. The molecule has 1 N–H and O–H groups in total. The third kappa shape index (κ3) is 3.23. The van der Waals surface area contributed by atoms with Crippen molar-refractivity contribution in [1.29, 1.82) is 0 Å². The number of likely N-dealkylation sites (tertiary alicyclic amines) is 1. The van der Waals surface area contributed by atoms with E-state index in [0.717, 1.165) is 37.3 Å². The lowest BCUT2D eigenvalue weighted by atomic mass is 9.89. The van der Waals surface area contributed by atoms with Gasteiger partial charge in [-0.1, -0.05) is 30.7 Å². The normalized spacial score (nSPS) is 19.1. The van der Waals surface area contributed by atoms with Crippen LogP contribution in [0.25, 0.3) is 0 Å². The molecule has 0 radical (unpaired) electrons. The average Bonchev–Trinajstić information content (AvgIpc) is 3.09. The maximum atomic E-state index is 13.4. The molecule has 136 valence electrons. The second-order valence-electron chi connectivity index (χ2n) is 7.53. The monoisotopic (exact) mass is 350 g/mol. The lowest BCUT2D eigenvalue weighted by molar-refractivity contribution is -0.134. The Labute approximate surface area is 154 Å². The average molecular weight is 350 g/mol. The van der Waals surface area contributed by atoms with E-state index in [-0.39, 0.29) is 5.91 Å². The summed E-state index contributed by atoms with van der Waals surface area (Å²) in [5, 5.41) is 3.15. The van der Waals surface area contributed by atoms with Crippen LogP contribution in [0.5, 0.6) is 0 Å². The molecule has 0 spiro atoms. The van der Waals surface area contributed by atoms with E-state index in [2.05, 4.69) is 44.5 Å². The molecule has 2 aromatic rings. The van der Waals surface area contributed by atoms with E-state index in [1.54, 1.807) is 12.4 Å². The first-order valence-corrected chi connectivity index (χ1v) is 9.55. The van der Waals surface area contributed by atoms with Crippen molar-refractivity contribution in [2.45, 2.75) is 51.1 Å². The number of rotatable bonds is 4.